The van der Waals surface area contributed by atoms with E-state index in [1.807, 2.05) is 13.8 Å². The van der Waals surface area contributed by atoms with Crippen molar-refractivity contribution in [3.05, 3.63) is 34.6 Å². The van der Waals surface area contributed by atoms with Crippen LogP contribution in [-0.4, -0.2) is 25.0 Å². The van der Waals surface area contributed by atoms with Crippen LogP contribution < -0.4 is 5.32 Å². The summed E-state index contributed by atoms with van der Waals surface area (Å²) in [6, 6.07) is 4.40. The van der Waals surface area contributed by atoms with E-state index in [1.165, 1.54) is 12.1 Å². The summed E-state index contributed by atoms with van der Waals surface area (Å²) in [5.74, 6) is -0.821. The van der Waals surface area contributed by atoms with Gasteiger partial charge in [0.15, 0.2) is 5.79 Å². The van der Waals surface area contributed by atoms with Crippen LogP contribution in [0.15, 0.2) is 18.2 Å². The Bertz CT molecular complexity index is 425. The lowest BCUT2D eigenvalue weighted by Gasteiger charge is -2.17. The molecule has 1 aliphatic rings. The van der Waals surface area contributed by atoms with Crippen molar-refractivity contribution in [2.45, 2.75) is 32.3 Å². The highest BCUT2D eigenvalue weighted by atomic mass is 35.5. The SMILES string of the molecule is CC1(C)OCC(CNCc2ccc(F)cc2Cl)O1. The fourth-order valence-electron chi connectivity index (χ4n) is 1.90. The van der Waals surface area contributed by atoms with Crippen LogP contribution in [0.4, 0.5) is 4.39 Å². The first-order valence-electron chi connectivity index (χ1n) is 5.93. The Balaban J connectivity index is 1.79. The molecule has 1 heterocycles. The molecular formula is C13H17ClFNO2. The maximum Gasteiger partial charge on any atom is 0.163 e. The lowest BCUT2D eigenvalue weighted by Crippen LogP contribution is -2.30. The molecule has 2 rings (SSSR count). The zero-order valence-electron chi connectivity index (χ0n) is 10.5. The Hall–Kier alpha value is -0.680. The van der Waals surface area contributed by atoms with Crippen molar-refractivity contribution in [1.82, 2.24) is 5.32 Å². The van der Waals surface area contributed by atoms with E-state index in [-0.39, 0.29) is 11.9 Å². The smallest absolute Gasteiger partial charge is 0.163 e. The van der Waals surface area contributed by atoms with Gasteiger partial charge in [0.1, 0.15) is 5.82 Å². The van der Waals surface area contributed by atoms with Gasteiger partial charge >= 0.3 is 0 Å². The molecule has 1 aromatic rings. The van der Waals surface area contributed by atoms with Crippen LogP contribution in [-0.2, 0) is 16.0 Å². The summed E-state index contributed by atoms with van der Waals surface area (Å²) < 4.78 is 24.0. The molecule has 1 aromatic carbocycles. The van der Waals surface area contributed by atoms with Gasteiger partial charge in [-0.3, -0.25) is 0 Å². The predicted molar refractivity (Wildman–Crippen MR) is 68.0 cm³/mol. The minimum absolute atomic E-state index is 0.0409. The Kier molecular flexibility index (Phi) is 4.22. The van der Waals surface area contributed by atoms with Crippen molar-refractivity contribution in [3.63, 3.8) is 0 Å². The van der Waals surface area contributed by atoms with Crippen molar-refractivity contribution in [2.75, 3.05) is 13.2 Å². The van der Waals surface area contributed by atoms with E-state index < -0.39 is 5.79 Å². The van der Waals surface area contributed by atoms with Crippen molar-refractivity contribution < 1.29 is 13.9 Å². The first kappa shape index (κ1) is 13.7. The Morgan fingerprint density at radius 1 is 1.50 bits per heavy atom. The highest BCUT2D eigenvalue weighted by Crippen LogP contribution is 2.22. The first-order valence-corrected chi connectivity index (χ1v) is 6.30. The monoisotopic (exact) mass is 273 g/mol. The molecule has 1 N–H and O–H groups in total. The summed E-state index contributed by atoms with van der Waals surface area (Å²) in [4.78, 5) is 0. The lowest BCUT2D eigenvalue weighted by molar-refractivity contribution is -0.137. The molecule has 0 spiro atoms. The molecule has 100 valence electrons. The zero-order valence-corrected chi connectivity index (χ0v) is 11.3. The van der Waals surface area contributed by atoms with Gasteiger partial charge in [-0.2, -0.15) is 0 Å². The molecule has 18 heavy (non-hydrogen) atoms. The van der Waals surface area contributed by atoms with Crippen LogP contribution in [0, 0.1) is 5.82 Å². The number of hydrogen-bond donors (Lipinski definition) is 1. The van der Waals surface area contributed by atoms with Crippen LogP contribution in [0.5, 0.6) is 0 Å². The second kappa shape index (κ2) is 5.53. The summed E-state index contributed by atoms with van der Waals surface area (Å²) in [6.07, 6.45) is 0.0409. The van der Waals surface area contributed by atoms with Gasteiger partial charge in [-0.05, 0) is 31.5 Å². The molecule has 1 saturated heterocycles. The third kappa shape index (κ3) is 3.65. The molecule has 1 aliphatic heterocycles. The number of hydrogen-bond acceptors (Lipinski definition) is 3. The maximum absolute atomic E-state index is 12.9. The predicted octanol–water partition coefficient (Wildman–Crippen LogP) is 2.72. The largest absolute Gasteiger partial charge is 0.348 e. The van der Waals surface area contributed by atoms with Gasteiger partial charge in [-0.25, -0.2) is 4.39 Å². The highest BCUT2D eigenvalue weighted by Gasteiger charge is 2.32. The molecule has 3 nitrogen and oxygen atoms in total. The second-order valence-electron chi connectivity index (χ2n) is 4.82. The fraction of sp³-hybridized carbons (Fsp3) is 0.538. The van der Waals surface area contributed by atoms with E-state index in [0.29, 0.717) is 24.7 Å². The minimum Gasteiger partial charge on any atom is -0.348 e. The molecule has 0 saturated carbocycles. The highest BCUT2D eigenvalue weighted by molar-refractivity contribution is 6.31. The average Bonchev–Trinajstić information content (AvgIpc) is 2.61. The van der Waals surface area contributed by atoms with Crippen LogP contribution >= 0.6 is 11.6 Å². The van der Waals surface area contributed by atoms with E-state index in [1.54, 1.807) is 6.07 Å². The van der Waals surface area contributed by atoms with Crippen molar-refractivity contribution >= 4 is 11.6 Å². The summed E-state index contributed by atoms with van der Waals surface area (Å²) >= 11 is 5.93. The molecule has 1 unspecified atom stereocenters. The van der Waals surface area contributed by atoms with Gasteiger partial charge < -0.3 is 14.8 Å². The van der Waals surface area contributed by atoms with Crippen molar-refractivity contribution in [1.29, 1.82) is 0 Å². The second-order valence-corrected chi connectivity index (χ2v) is 5.22. The van der Waals surface area contributed by atoms with E-state index in [4.69, 9.17) is 21.1 Å². The number of benzene rings is 1. The Labute approximate surface area is 111 Å². The molecule has 1 atom stereocenters. The summed E-state index contributed by atoms with van der Waals surface area (Å²) in [6.45, 7) is 5.63. The summed E-state index contributed by atoms with van der Waals surface area (Å²) in [5, 5.41) is 3.67. The van der Waals surface area contributed by atoms with Crippen LogP contribution in [0.25, 0.3) is 0 Å². The van der Waals surface area contributed by atoms with Gasteiger partial charge in [0, 0.05) is 18.1 Å². The standard InChI is InChI=1S/C13H17ClFNO2/c1-13(2)17-8-11(18-13)7-16-6-9-3-4-10(15)5-12(9)14/h3-5,11,16H,6-8H2,1-2H3. The van der Waals surface area contributed by atoms with Gasteiger partial charge in [0.05, 0.1) is 12.7 Å². The third-order valence-corrected chi connectivity index (χ3v) is 3.12. The molecule has 0 aromatic heterocycles. The van der Waals surface area contributed by atoms with Gasteiger partial charge in [-0.1, -0.05) is 17.7 Å². The minimum atomic E-state index is -0.500. The average molecular weight is 274 g/mol. The molecule has 0 radical (unpaired) electrons. The van der Waals surface area contributed by atoms with Gasteiger partial charge in [-0.15, -0.1) is 0 Å². The molecule has 0 amide bonds. The molecule has 5 heteroatoms. The van der Waals surface area contributed by atoms with E-state index in [9.17, 15) is 4.39 Å². The summed E-state index contributed by atoms with van der Waals surface area (Å²) in [5.41, 5.74) is 0.872. The van der Waals surface area contributed by atoms with Crippen LogP contribution in [0.1, 0.15) is 19.4 Å². The third-order valence-electron chi connectivity index (χ3n) is 2.77. The van der Waals surface area contributed by atoms with Crippen LogP contribution in [0.2, 0.25) is 5.02 Å². The Morgan fingerprint density at radius 3 is 2.89 bits per heavy atom. The van der Waals surface area contributed by atoms with E-state index >= 15 is 0 Å². The number of nitrogens with one attached hydrogen (secondary N) is 1. The normalized spacial score (nSPS) is 22.3. The maximum atomic E-state index is 12.9. The topological polar surface area (TPSA) is 30.5 Å². The van der Waals surface area contributed by atoms with E-state index in [2.05, 4.69) is 5.32 Å². The van der Waals surface area contributed by atoms with Gasteiger partial charge in [0.25, 0.3) is 0 Å². The lowest BCUT2D eigenvalue weighted by atomic mass is 10.2. The number of ether oxygens (including phenoxy) is 2. The van der Waals surface area contributed by atoms with Gasteiger partial charge in [0.2, 0.25) is 0 Å². The van der Waals surface area contributed by atoms with Crippen molar-refractivity contribution in [3.8, 4) is 0 Å². The quantitative estimate of drug-likeness (QED) is 0.915. The van der Waals surface area contributed by atoms with Crippen molar-refractivity contribution in [2.24, 2.45) is 0 Å². The molecule has 0 bridgehead atoms. The number of halogens is 2. The number of rotatable bonds is 4. The summed E-state index contributed by atoms with van der Waals surface area (Å²) in [7, 11) is 0. The first-order chi connectivity index (χ1) is 8.46. The zero-order chi connectivity index (χ0) is 13.2. The van der Waals surface area contributed by atoms with Crippen LogP contribution in [0.3, 0.4) is 0 Å². The molecular weight excluding hydrogens is 257 g/mol. The molecule has 0 aliphatic carbocycles. The Morgan fingerprint density at radius 2 is 2.28 bits per heavy atom. The fourth-order valence-corrected chi connectivity index (χ4v) is 2.13. The van der Waals surface area contributed by atoms with E-state index in [0.717, 1.165) is 5.56 Å². The molecule has 1 fully saturated rings.